The molecular weight excluding hydrogens is 466 g/mol. The molecule has 0 atom stereocenters. The molecule has 1 aliphatic carbocycles. The van der Waals surface area contributed by atoms with Gasteiger partial charge in [-0.25, -0.2) is 17.2 Å². The largest absolute Gasteiger partial charge is 0.448 e. The van der Waals surface area contributed by atoms with Crippen molar-refractivity contribution in [3.63, 3.8) is 0 Å². The number of piperidine rings is 1. The number of carbonyl (C=O) groups excluding carboxylic acids is 1. The van der Waals surface area contributed by atoms with Gasteiger partial charge in [0.25, 0.3) is 5.79 Å². The third-order valence-corrected chi connectivity index (χ3v) is 8.67. The summed E-state index contributed by atoms with van der Waals surface area (Å²) in [6, 6.07) is 7.85. The molecule has 2 aromatic rings. The first-order valence-electron chi connectivity index (χ1n) is 11.5. The van der Waals surface area contributed by atoms with Crippen LogP contribution in [0.15, 0.2) is 41.3 Å². The van der Waals surface area contributed by atoms with Crippen molar-refractivity contribution in [2.75, 3.05) is 18.4 Å². The van der Waals surface area contributed by atoms with E-state index in [1.807, 2.05) is 0 Å². The van der Waals surface area contributed by atoms with Crippen LogP contribution in [0.2, 0.25) is 0 Å². The Balaban J connectivity index is 1.19. The Morgan fingerprint density at radius 1 is 0.941 bits per heavy atom. The Hall–Kier alpha value is -2.72. The normalized spacial score (nSPS) is 20.4. The van der Waals surface area contributed by atoms with Crippen LogP contribution in [0.3, 0.4) is 0 Å². The molecule has 0 radical (unpaired) electrons. The molecule has 2 aromatic carbocycles. The second kappa shape index (κ2) is 8.81. The van der Waals surface area contributed by atoms with E-state index in [0.29, 0.717) is 36.1 Å². The lowest BCUT2D eigenvalue weighted by atomic mass is 9.94. The van der Waals surface area contributed by atoms with Gasteiger partial charge in [-0.1, -0.05) is 6.42 Å². The zero-order chi connectivity index (χ0) is 23.9. The number of amides is 1. The third kappa shape index (κ3) is 4.36. The summed E-state index contributed by atoms with van der Waals surface area (Å²) in [5, 5.41) is 2.90. The van der Waals surface area contributed by atoms with Gasteiger partial charge in [-0.15, -0.1) is 0 Å². The van der Waals surface area contributed by atoms with Crippen LogP contribution in [0.1, 0.15) is 44.9 Å². The highest BCUT2D eigenvalue weighted by Crippen LogP contribution is 2.46. The molecule has 182 valence electrons. The number of anilines is 1. The molecule has 0 bridgehead atoms. The smallest absolute Gasteiger partial charge is 0.251 e. The minimum absolute atomic E-state index is 0.114. The topological polar surface area (TPSA) is 84.9 Å². The van der Waals surface area contributed by atoms with Gasteiger partial charge in [0, 0.05) is 43.6 Å². The van der Waals surface area contributed by atoms with Crippen molar-refractivity contribution in [2.24, 2.45) is 5.92 Å². The van der Waals surface area contributed by atoms with Crippen molar-refractivity contribution in [3.8, 4) is 11.5 Å². The van der Waals surface area contributed by atoms with E-state index < -0.39 is 27.4 Å². The van der Waals surface area contributed by atoms with E-state index in [-0.39, 0.29) is 29.8 Å². The minimum atomic E-state index is -3.97. The lowest BCUT2D eigenvalue weighted by molar-refractivity contribution is -0.120. The lowest BCUT2D eigenvalue weighted by Crippen LogP contribution is -2.41. The summed E-state index contributed by atoms with van der Waals surface area (Å²) in [5.74, 6) is -2.18. The van der Waals surface area contributed by atoms with Gasteiger partial charge in [-0.05, 0) is 56.0 Å². The van der Waals surface area contributed by atoms with Gasteiger partial charge in [0.1, 0.15) is 0 Å². The van der Waals surface area contributed by atoms with Gasteiger partial charge >= 0.3 is 0 Å². The Kier molecular flexibility index (Phi) is 5.97. The van der Waals surface area contributed by atoms with Crippen molar-refractivity contribution in [1.82, 2.24) is 4.31 Å². The molecule has 1 N–H and O–H groups in total. The SMILES string of the molecule is O=C(Nc1ccc2c(c1)OC1(CCCCC1)O2)C1CCN(S(=O)(=O)c2ccc(F)c(F)c2)CC1. The second-order valence-electron chi connectivity index (χ2n) is 9.08. The van der Waals surface area contributed by atoms with Crippen molar-refractivity contribution < 1.29 is 31.5 Å². The number of sulfonamides is 1. The molecule has 0 aromatic heterocycles. The Morgan fingerprint density at radius 2 is 1.65 bits per heavy atom. The number of nitrogens with zero attached hydrogens (tertiary/aromatic N) is 1. The fourth-order valence-corrected chi connectivity index (χ4v) is 6.34. The number of carbonyl (C=O) groups is 1. The first-order chi connectivity index (χ1) is 16.3. The first-order valence-corrected chi connectivity index (χ1v) is 13.0. The molecule has 1 amide bonds. The quantitative estimate of drug-likeness (QED) is 0.682. The van der Waals surface area contributed by atoms with Crippen LogP contribution in [0, 0.1) is 17.6 Å². The molecule has 5 rings (SSSR count). The zero-order valence-electron chi connectivity index (χ0n) is 18.6. The number of ether oxygens (including phenoxy) is 2. The van der Waals surface area contributed by atoms with Crippen molar-refractivity contribution in [3.05, 3.63) is 48.0 Å². The fourth-order valence-electron chi connectivity index (χ4n) is 4.86. The highest BCUT2D eigenvalue weighted by molar-refractivity contribution is 7.89. The molecule has 1 spiro atoms. The predicted octanol–water partition coefficient (Wildman–Crippen LogP) is 4.44. The maximum atomic E-state index is 13.5. The number of halogens is 2. The van der Waals surface area contributed by atoms with Crippen LogP contribution in [-0.4, -0.2) is 37.5 Å². The summed E-state index contributed by atoms with van der Waals surface area (Å²) in [6.07, 6.45) is 5.62. The van der Waals surface area contributed by atoms with Crippen LogP contribution in [0.25, 0.3) is 0 Å². The van der Waals surface area contributed by atoms with Crippen LogP contribution in [0.5, 0.6) is 11.5 Å². The molecular formula is C24H26F2N2O5S. The van der Waals surface area contributed by atoms with Crippen LogP contribution < -0.4 is 14.8 Å². The van der Waals surface area contributed by atoms with Gasteiger partial charge in [0.2, 0.25) is 15.9 Å². The van der Waals surface area contributed by atoms with Crippen LogP contribution in [-0.2, 0) is 14.8 Å². The fraction of sp³-hybridized carbons (Fsp3) is 0.458. The Morgan fingerprint density at radius 3 is 2.35 bits per heavy atom. The number of fused-ring (bicyclic) bond motifs is 1. The second-order valence-corrected chi connectivity index (χ2v) is 11.0. The standard InChI is InChI=1S/C24H26F2N2O5S/c25-19-6-5-18(15-20(19)26)34(30,31)28-12-8-16(9-13-28)23(29)27-17-4-7-21-22(14-17)33-24(32-21)10-2-1-3-11-24/h4-7,14-16H,1-3,8-13H2,(H,27,29). The summed E-state index contributed by atoms with van der Waals surface area (Å²) in [6.45, 7) is 0.228. The van der Waals surface area contributed by atoms with E-state index >= 15 is 0 Å². The minimum Gasteiger partial charge on any atom is -0.448 e. The molecule has 2 fully saturated rings. The number of benzene rings is 2. The lowest BCUT2D eigenvalue weighted by Gasteiger charge is -2.31. The molecule has 2 heterocycles. The average molecular weight is 493 g/mol. The van der Waals surface area contributed by atoms with Crippen molar-refractivity contribution >= 4 is 21.6 Å². The van der Waals surface area contributed by atoms with Crippen LogP contribution >= 0.6 is 0 Å². The van der Waals surface area contributed by atoms with Crippen molar-refractivity contribution in [2.45, 2.75) is 55.6 Å². The Labute approximate surface area is 197 Å². The van der Waals surface area contributed by atoms with E-state index in [1.165, 1.54) is 10.7 Å². The molecule has 1 saturated carbocycles. The predicted molar refractivity (Wildman–Crippen MR) is 120 cm³/mol. The summed E-state index contributed by atoms with van der Waals surface area (Å²) < 4.78 is 65.6. The average Bonchev–Trinajstić information content (AvgIpc) is 3.17. The molecule has 0 unspecified atom stereocenters. The van der Waals surface area contributed by atoms with Gasteiger partial charge < -0.3 is 14.8 Å². The molecule has 2 aliphatic heterocycles. The summed E-state index contributed by atoms with van der Waals surface area (Å²) >= 11 is 0. The van der Waals surface area contributed by atoms with E-state index in [9.17, 15) is 22.0 Å². The van der Waals surface area contributed by atoms with Gasteiger partial charge in [-0.2, -0.15) is 4.31 Å². The zero-order valence-corrected chi connectivity index (χ0v) is 19.4. The molecule has 10 heteroatoms. The molecule has 3 aliphatic rings. The monoisotopic (exact) mass is 492 g/mol. The highest BCUT2D eigenvalue weighted by Gasteiger charge is 2.42. The maximum Gasteiger partial charge on any atom is 0.251 e. The van der Waals surface area contributed by atoms with Crippen LogP contribution in [0.4, 0.5) is 14.5 Å². The van der Waals surface area contributed by atoms with Gasteiger partial charge in [-0.3, -0.25) is 4.79 Å². The van der Waals surface area contributed by atoms with Crippen molar-refractivity contribution in [1.29, 1.82) is 0 Å². The maximum absolute atomic E-state index is 13.5. The van der Waals surface area contributed by atoms with E-state index in [1.54, 1.807) is 18.2 Å². The number of hydrogen-bond donors (Lipinski definition) is 1. The van der Waals surface area contributed by atoms with Gasteiger partial charge in [0.15, 0.2) is 23.1 Å². The summed E-state index contributed by atoms with van der Waals surface area (Å²) in [7, 11) is -3.97. The Bertz CT molecular complexity index is 1210. The van der Waals surface area contributed by atoms with E-state index in [4.69, 9.17) is 9.47 Å². The first kappa shape index (κ1) is 23.0. The van der Waals surface area contributed by atoms with Gasteiger partial charge in [0.05, 0.1) is 4.90 Å². The number of rotatable bonds is 4. The summed E-state index contributed by atoms with van der Waals surface area (Å²) in [5.41, 5.74) is 0.594. The molecule has 34 heavy (non-hydrogen) atoms. The summed E-state index contributed by atoms with van der Waals surface area (Å²) in [4.78, 5) is 12.5. The number of hydrogen-bond acceptors (Lipinski definition) is 5. The molecule has 1 saturated heterocycles. The van der Waals surface area contributed by atoms with E-state index in [0.717, 1.165) is 37.8 Å². The third-order valence-electron chi connectivity index (χ3n) is 6.77. The number of nitrogens with one attached hydrogen (secondary N) is 1. The molecule has 7 nitrogen and oxygen atoms in total. The highest BCUT2D eigenvalue weighted by atomic mass is 32.2. The van der Waals surface area contributed by atoms with E-state index in [2.05, 4.69) is 5.32 Å².